The average Bonchev–Trinajstić information content (AvgIpc) is 2.76. The molecule has 0 radical (unpaired) electrons. The van der Waals surface area contributed by atoms with E-state index in [-0.39, 0.29) is 6.61 Å². The van der Waals surface area contributed by atoms with E-state index < -0.39 is 0 Å². The first kappa shape index (κ1) is 12.1. The molecule has 0 unspecified atom stereocenters. The van der Waals surface area contributed by atoms with E-state index in [0.717, 1.165) is 20.9 Å². The molecular formula is C11H10BrNOS2. The Morgan fingerprint density at radius 2 is 2.06 bits per heavy atom. The van der Waals surface area contributed by atoms with Crippen LogP contribution < -0.4 is 0 Å². The number of hydrogen-bond acceptors (Lipinski definition) is 4. The third kappa shape index (κ3) is 3.31. The zero-order valence-electron chi connectivity index (χ0n) is 8.39. The Morgan fingerprint density at radius 3 is 2.69 bits per heavy atom. The van der Waals surface area contributed by atoms with E-state index >= 15 is 0 Å². The fraction of sp³-hybridized carbons (Fsp3) is 0.182. The summed E-state index contributed by atoms with van der Waals surface area (Å²) in [6.45, 7) is 0.0272. The van der Waals surface area contributed by atoms with Gasteiger partial charge in [-0.15, -0.1) is 23.1 Å². The third-order valence-corrected chi connectivity index (χ3v) is 4.57. The lowest BCUT2D eigenvalue weighted by molar-refractivity contribution is 0.277. The Bertz CT molecular complexity index is 455. The number of rotatable bonds is 4. The molecule has 0 fully saturated rings. The molecule has 0 aliphatic carbocycles. The quantitative estimate of drug-likeness (QED) is 0.873. The number of aliphatic hydroxyl groups is 1. The van der Waals surface area contributed by atoms with Crippen LogP contribution in [-0.4, -0.2) is 10.1 Å². The molecule has 1 aromatic heterocycles. The monoisotopic (exact) mass is 315 g/mol. The standard InChI is InChI=1S/C11H10BrNOS2/c12-8-1-3-10(4-2-8)15-7-11-13-9(5-14)6-16-11/h1-4,6,14H,5,7H2. The highest BCUT2D eigenvalue weighted by Gasteiger charge is 2.02. The first-order chi connectivity index (χ1) is 7.78. The fourth-order valence-electron chi connectivity index (χ4n) is 1.16. The molecule has 0 atom stereocenters. The van der Waals surface area contributed by atoms with Gasteiger partial charge in [-0.2, -0.15) is 0 Å². The molecule has 0 saturated carbocycles. The summed E-state index contributed by atoms with van der Waals surface area (Å²) in [4.78, 5) is 5.53. The Balaban J connectivity index is 1.94. The fourth-order valence-corrected chi connectivity index (χ4v) is 3.13. The second-order valence-corrected chi connectivity index (χ2v) is 6.04. The summed E-state index contributed by atoms with van der Waals surface area (Å²) >= 11 is 6.75. The molecule has 2 rings (SSSR count). The van der Waals surface area contributed by atoms with Crippen LogP contribution in [0.1, 0.15) is 10.7 Å². The van der Waals surface area contributed by atoms with Gasteiger partial charge in [0.25, 0.3) is 0 Å². The van der Waals surface area contributed by atoms with Gasteiger partial charge in [0.2, 0.25) is 0 Å². The summed E-state index contributed by atoms with van der Waals surface area (Å²) in [7, 11) is 0. The molecule has 84 valence electrons. The normalized spacial score (nSPS) is 10.6. The van der Waals surface area contributed by atoms with E-state index in [1.54, 1.807) is 23.1 Å². The maximum absolute atomic E-state index is 8.90. The Morgan fingerprint density at radius 1 is 1.31 bits per heavy atom. The molecule has 1 aromatic carbocycles. The van der Waals surface area contributed by atoms with Crippen LogP contribution in [0.4, 0.5) is 0 Å². The van der Waals surface area contributed by atoms with E-state index in [1.165, 1.54) is 4.90 Å². The minimum atomic E-state index is 0.0272. The van der Waals surface area contributed by atoms with Crippen molar-refractivity contribution in [3.8, 4) is 0 Å². The van der Waals surface area contributed by atoms with E-state index in [9.17, 15) is 0 Å². The number of thiazole rings is 1. The molecule has 1 N–H and O–H groups in total. The maximum atomic E-state index is 8.90. The molecule has 0 saturated heterocycles. The number of nitrogens with zero attached hydrogens (tertiary/aromatic N) is 1. The Labute approximate surface area is 111 Å². The molecule has 1 heterocycles. The van der Waals surface area contributed by atoms with Crippen LogP contribution in [0.5, 0.6) is 0 Å². The van der Waals surface area contributed by atoms with Crippen molar-refractivity contribution in [3.05, 3.63) is 44.8 Å². The van der Waals surface area contributed by atoms with Crippen molar-refractivity contribution in [1.29, 1.82) is 0 Å². The summed E-state index contributed by atoms with van der Waals surface area (Å²) in [5.41, 5.74) is 0.761. The lowest BCUT2D eigenvalue weighted by atomic mass is 10.4. The van der Waals surface area contributed by atoms with Gasteiger partial charge in [0, 0.05) is 14.7 Å². The molecule has 0 aliphatic rings. The number of thioether (sulfide) groups is 1. The van der Waals surface area contributed by atoms with Crippen LogP contribution in [0.25, 0.3) is 0 Å². The van der Waals surface area contributed by atoms with Gasteiger partial charge >= 0.3 is 0 Å². The molecule has 2 aromatic rings. The number of aliphatic hydroxyl groups excluding tert-OH is 1. The van der Waals surface area contributed by atoms with Crippen molar-refractivity contribution < 1.29 is 5.11 Å². The van der Waals surface area contributed by atoms with Crippen LogP contribution in [0.15, 0.2) is 39.0 Å². The summed E-state index contributed by atoms with van der Waals surface area (Å²) in [6, 6.07) is 8.22. The van der Waals surface area contributed by atoms with Crippen molar-refractivity contribution in [2.45, 2.75) is 17.3 Å². The van der Waals surface area contributed by atoms with Gasteiger partial charge in [-0.05, 0) is 24.3 Å². The summed E-state index contributed by atoms with van der Waals surface area (Å²) < 4.78 is 1.09. The van der Waals surface area contributed by atoms with Gasteiger partial charge in [-0.3, -0.25) is 0 Å². The number of hydrogen-bond donors (Lipinski definition) is 1. The lowest BCUT2D eigenvalue weighted by Gasteiger charge is -1.98. The minimum Gasteiger partial charge on any atom is -0.390 e. The van der Waals surface area contributed by atoms with Crippen LogP contribution in [0.2, 0.25) is 0 Å². The van der Waals surface area contributed by atoms with Gasteiger partial charge in [-0.25, -0.2) is 4.98 Å². The van der Waals surface area contributed by atoms with Crippen LogP contribution in [0.3, 0.4) is 0 Å². The van der Waals surface area contributed by atoms with Crippen molar-refractivity contribution >= 4 is 39.0 Å². The second-order valence-electron chi connectivity index (χ2n) is 3.13. The highest BCUT2D eigenvalue weighted by molar-refractivity contribution is 9.10. The van der Waals surface area contributed by atoms with E-state index in [2.05, 4.69) is 33.0 Å². The molecule has 2 nitrogen and oxygen atoms in total. The van der Waals surface area contributed by atoms with Crippen LogP contribution >= 0.6 is 39.0 Å². The largest absolute Gasteiger partial charge is 0.390 e. The topological polar surface area (TPSA) is 33.1 Å². The zero-order chi connectivity index (χ0) is 11.4. The predicted octanol–water partition coefficient (Wildman–Crippen LogP) is 3.69. The number of benzene rings is 1. The number of aromatic nitrogens is 1. The lowest BCUT2D eigenvalue weighted by Crippen LogP contribution is -1.84. The molecule has 0 aliphatic heterocycles. The van der Waals surface area contributed by atoms with Gasteiger partial charge < -0.3 is 5.11 Å². The Kier molecular flexibility index (Phi) is 4.40. The van der Waals surface area contributed by atoms with Crippen molar-refractivity contribution in [2.24, 2.45) is 0 Å². The maximum Gasteiger partial charge on any atom is 0.103 e. The first-order valence-electron chi connectivity index (χ1n) is 4.70. The van der Waals surface area contributed by atoms with Gasteiger partial charge in [0.1, 0.15) is 5.01 Å². The van der Waals surface area contributed by atoms with Crippen LogP contribution in [0, 0.1) is 0 Å². The predicted molar refractivity (Wildman–Crippen MR) is 71.7 cm³/mol. The van der Waals surface area contributed by atoms with E-state index in [0.29, 0.717) is 0 Å². The zero-order valence-corrected chi connectivity index (χ0v) is 11.6. The average molecular weight is 316 g/mol. The second kappa shape index (κ2) is 5.82. The molecule has 16 heavy (non-hydrogen) atoms. The van der Waals surface area contributed by atoms with E-state index in [4.69, 9.17) is 5.11 Å². The number of halogens is 1. The third-order valence-electron chi connectivity index (χ3n) is 1.94. The first-order valence-corrected chi connectivity index (χ1v) is 7.36. The Hall–Kier alpha value is -0.360. The van der Waals surface area contributed by atoms with Crippen LogP contribution in [-0.2, 0) is 12.4 Å². The molecule has 0 amide bonds. The highest BCUT2D eigenvalue weighted by atomic mass is 79.9. The minimum absolute atomic E-state index is 0.0272. The molecule has 5 heteroatoms. The van der Waals surface area contributed by atoms with Gasteiger partial charge in [0.15, 0.2) is 0 Å². The molecule has 0 bridgehead atoms. The molecule has 0 spiro atoms. The van der Waals surface area contributed by atoms with E-state index in [1.807, 2.05) is 17.5 Å². The highest BCUT2D eigenvalue weighted by Crippen LogP contribution is 2.25. The molecular weight excluding hydrogens is 306 g/mol. The van der Waals surface area contributed by atoms with Crippen molar-refractivity contribution in [1.82, 2.24) is 4.98 Å². The SMILES string of the molecule is OCc1csc(CSc2ccc(Br)cc2)n1. The van der Waals surface area contributed by atoms with Crippen molar-refractivity contribution in [3.63, 3.8) is 0 Å². The van der Waals surface area contributed by atoms with Gasteiger partial charge in [-0.1, -0.05) is 15.9 Å². The summed E-state index contributed by atoms with van der Waals surface area (Å²) in [5, 5.41) is 11.9. The summed E-state index contributed by atoms with van der Waals surface area (Å²) in [5.74, 6) is 0.853. The summed E-state index contributed by atoms with van der Waals surface area (Å²) in [6.07, 6.45) is 0. The van der Waals surface area contributed by atoms with Gasteiger partial charge in [0.05, 0.1) is 18.1 Å². The van der Waals surface area contributed by atoms with Crippen molar-refractivity contribution in [2.75, 3.05) is 0 Å². The smallest absolute Gasteiger partial charge is 0.103 e.